The second kappa shape index (κ2) is 4.94. The van der Waals surface area contributed by atoms with E-state index in [0.29, 0.717) is 6.20 Å². The molecule has 5 nitrogen and oxygen atoms in total. The molecule has 0 aliphatic carbocycles. The fraction of sp³-hybridized carbons (Fsp3) is 0.250. The molecule has 0 aliphatic heterocycles. The quantitative estimate of drug-likeness (QED) is 0.803. The van der Waals surface area contributed by atoms with Gasteiger partial charge in [0.2, 0.25) is 0 Å². The summed E-state index contributed by atoms with van der Waals surface area (Å²) in [7, 11) is 0. The van der Waals surface area contributed by atoms with Crippen molar-refractivity contribution in [3.63, 3.8) is 0 Å². The molecule has 0 unspecified atom stereocenters. The van der Waals surface area contributed by atoms with Gasteiger partial charge in [0.1, 0.15) is 0 Å². The van der Waals surface area contributed by atoms with Crippen molar-refractivity contribution in [1.82, 2.24) is 4.98 Å². The SMILES string of the molecule is O=C(O)Cc1ncc(O)c(OC(F)(F)F)c1I. The summed E-state index contributed by atoms with van der Waals surface area (Å²) in [5, 5.41) is 17.7. The first-order chi connectivity index (χ1) is 7.70. The van der Waals surface area contributed by atoms with Gasteiger partial charge in [0.15, 0.2) is 11.5 Å². The number of carboxylic acids is 1. The van der Waals surface area contributed by atoms with E-state index < -0.39 is 30.3 Å². The number of nitrogens with zero attached hydrogens (tertiary/aromatic N) is 1. The van der Waals surface area contributed by atoms with E-state index in [1.807, 2.05) is 0 Å². The van der Waals surface area contributed by atoms with Crippen LogP contribution in [-0.2, 0) is 11.2 Å². The fourth-order valence-corrected chi connectivity index (χ4v) is 1.69. The standard InChI is InChI=1S/C8H5F3INO4/c9-8(10,11)17-7-4(14)2-13-3(6(7)12)1-5(15)16/h2,14H,1H2,(H,15,16). The van der Waals surface area contributed by atoms with Crippen LogP contribution in [0.4, 0.5) is 13.2 Å². The summed E-state index contributed by atoms with van der Waals surface area (Å²) in [6.45, 7) is 0. The number of aromatic nitrogens is 1. The Bertz CT molecular complexity index is 449. The maximum Gasteiger partial charge on any atom is 0.573 e. The highest BCUT2D eigenvalue weighted by Crippen LogP contribution is 2.36. The molecular weight excluding hydrogens is 358 g/mol. The number of pyridine rings is 1. The van der Waals surface area contributed by atoms with Gasteiger partial charge in [0.05, 0.1) is 21.9 Å². The van der Waals surface area contributed by atoms with E-state index in [-0.39, 0.29) is 9.26 Å². The summed E-state index contributed by atoms with van der Waals surface area (Å²) in [4.78, 5) is 14.0. The van der Waals surface area contributed by atoms with Gasteiger partial charge in [-0.15, -0.1) is 13.2 Å². The van der Waals surface area contributed by atoms with E-state index in [2.05, 4.69) is 9.72 Å². The molecule has 9 heteroatoms. The van der Waals surface area contributed by atoms with Gasteiger partial charge in [-0.05, 0) is 22.6 Å². The van der Waals surface area contributed by atoms with Crippen LogP contribution >= 0.6 is 22.6 Å². The van der Waals surface area contributed by atoms with E-state index in [9.17, 15) is 23.1 Å². The van der Waals surface area contributed by atoms with E-state index >= 15 is 0 Å². The molecular formula is C8H5F3INO4. The molecule has 2 N–H and O–H groups in total. The Labute approximate surface area is 106 Å². The molecule has 0 atom stereocenters. The van der Waals surface area contributed by atoms with Crippen LogP contribution in [0.5, 0.6) is 11.5 Å². The number of hydrogen-bond acceptors (Lipinski definition) is 4. The summed E-state index contributed by atoms with van der Waals surface area (Å²) in [6.07, 6.45) is -4.83. The normalized spacial score (nSPS) is 11.3. The molecule has 0 saturated carbocycles. The number of halogens is 4. The summed E-state index contributed by atoms with van der Waals surface area (Å²) < 4.78 is 39.5. The lowest BCUT2D eigenvalue weighted by atomic mass is 10.2. The van der Waals surface area contributed by atoms with Gasteiger partial charge >= 0.3 is 12.3 Å². The minimum absolute atomic E-state index is 0.116. The molecule has 94 valence electrons. The molecule has 17 heavy (non-hydrogen) atoms. The minimum Gasteiger partial charge on any atom is -0.503 e. The molecule has 0 bridgehead atoms. The molecule has 0 amide bonds. The highest BCUT2D eigenvalue weighted by atomic mass is 127. The molecule has 1 rings (SSSR count). The number of aromatic hydroxyl groups is 1. The lowest BCUT2D eigenvalue weighted by molar-refractivity contribution is -0.275. The zero-order chi connectivity index (χ0) is 13.2. The second-order valence-electron chi connectivity index (χ2n) is 2.85. The average Bonchev–Trinajstić information content (AvgIpc) is 2.15. The first kappa shape index (κ1) is 13.8. The number of ether oxygens (including phenoxy) is 1. The van der Waals surface area contributed by atoms with Gasteiger partial charge in [-0.1, -0.05) is 0 Å². The third kappa shape index (κ3) is 3.91. The van der Waals surface area contributed by atoms with Crippen molar-refractivity contribution in [2.75, 3.05) is 0 Å². The third-order valence-electron chi connectivity index (χ3n) is 1.56. The molecule has 0 radical (unpaired) electrons. The largest absolute Gasteiger partial charge is 0.573 e. The topological polar surface area (TPSA) is 79.7 Å². The van der Waals surface area contributed by atoms with Crippen molar-refractivity contribution >= 4 is 28.6 Å². The van der Waals surface area contributed by atoms with Crippen LogP contribution in [0.25, 0.3) is 0 Å². The van der Waals surface area contributed by atoms with Gasteiger partial charge in [-0.2, -0.15) is 0 Å². The van der Waals surface area contributed by atoms with Crippen LogP contribution in [0.15, 0.2) is 6.20 Å². The molecule has 0 saturated heterocycles. The van der Waals surface area contributed by atoms with Gasteiger partial charge in [-0.3, -0.25) is 9.78 Å². The molecule has 0 fully saturated rings. The molecule has 1 aromatic heterocycles. The predicted octanol–water partition coefficient (Wildman–Crippen LogP) is 1.92. The molecule has 0 spiro atoms. The van der Waals surface area contributed by atoms with E-state index in [1.165, 1.54) is 22.6 Å². The maximum absolute atomic E-state index is 12.0. The summed E-state index contributed by atoms with van der Waals surface area (Å²) in [6, 6.07) is 0. The zero-order valence-electron chi connectivity index (χ0n) is 7.95. The number of aliphatic carboxylic acids is 1. The molecule has 0 aliphatic rings. The number of carboxylic acid groups (broad SMARTS) is 1. The van der Waals surface area contributed by atoms with Crippen molar-refractivity contribution in [1.29, 1.82) is 0 Å². The van der Waals surface area contributed by atoms with E-state index in [0.717, 1.165) is 0 Å². The van der Waals surface area contributed by atoms with Gasteiger partial charge in [0, 0.05) is 0 Å². The van der Waals surface area contributed by atoms with Crippen LogP contribution < -0.4 is 4.74 Å². The molecule has 1 aromatic rings. The maximum atomic E-state index is 12.0. The number of rotatable bonds is 3. The molecule has 1 heterocycles. The highest BCUT2D eigenvalue weighted by Gasteiger charge is 2.34. The van der Waals surface area contributed by atoms with E-state index in [1.54, 1.807) is 0 Å². The minimum atomic E-state index is -4.97. The molecule has 0 aromatic carbocycles. The third-order valence-corrected chi connectivity index (χ3v) is 2.68. The first-order valence-corrected chi connectivity index (χ1v) is 5.12. The Hall–Kier alpha value is -1.26. The summed E-state index contributed by atoms with van der Waals surface area (Å²) in [5.74, 6) is -2.90. The number of hydrogen-bond donors (Lipinski definition) is 2. The van der Waals surface area contributed by atoms with Crippen LogP contribution in [0.1, 0.15) is 5.69 Å². The lowest BCUT2D eigenvalue weighted by Crippen LogP contribution is -2.19. The predicted molar refractivity (Wildman–Crippen MR) is 56.6 cm³/mol. The Kier molecular flexibility index (Phi) is 4.01. The summed E-state index contributed by atoms with van der Waals surface area (Å²) in [5.41, 5.74) is -0.116. The smallest absolute Gasteiger partial charge is 0.503 e. The van der Waals surface area contributed by atoms with Crippen molar-refractivity contribution in [2.24, 2.45) is 0 Å². The fourth-order valence-electron chi connectivity index (χ4n) is 0.977. The number of alkyl halides is 3. The van der Waals surface area contributed by atoms with Gasteiger partial charge in [-0.25, -0.2) is 0 Å². The van der Waals surface area contributed by atoms with Crippen molar-refractivity contribution in [3.8, 4) is 11.5 Å². The van der Waals surface area contributed by atoms with Crippen LogP contribution in [0.3, 0.4) is 0 Å². The Morgan fingerprint density at radius 3 is 2.59 bits per heavy atom. The monoisotopic (exact) mass is 363 g/mol. The van der Waals surface area contributed by atoms with Gasteiger partial charge in [0.25, 0.3) is 0 Å². The zero-order valence-corrected chi connectivity index (χ0v) is 10.1. The lowest BCUT2D eigenvalue weighted by Gasteiger charge is -2.13. The van der Waals surface area contributed by atoms with E-state index in [4.69, 9.17) is 5.11 Å². The Balaban J connectivity index is 3.15. The average molecular weight is 363 g/mol. The Morgan fingerprint density at radius 1 is 1.53 bits per heavy atom. The summed E-state index contributed by atoms with van der Waals surface area (Å²) >= 11 is 1.43. The van der Waals surface area contributed by atoms with Crippen molar-refractivity contribution < 1.29 is 32.9 Å². The highest BCUT2D eigenvalue weighted by molar-refractivity contribution is 14.1. The number of carbonyl (C=O) groups is 1. The Morgan fingerprint density at radius 2 is 2.12 bits per heavy atom. The van der Waals surface area contributed by atoms with Crippen molar-refractivity contribution in [3.05, 3.63) is 15.5 Å². The first-order valence-electron chi connectivity index (χ1n) is 4.04. The van der Waals surface area contributed by atoms with Crippen LogP contribution in [0, 0.1) is 3.57 Å². The van der Waals surface area contributed by atoms with Crippen molar-refractivity contribution in [2.45, 2.75) is 12.8 Å². The van der Waals surface area contributed by atoms with Gasteiger partial charge < -0.3 is 14.9 Å². The van der Waals surface area contributed by atoms with Crippen LogP contribution in [0.2, 0.25) is 0 Å². The second-order valence-corrected chi connectivity index (χ2v) is 3.93. The van der Waals surface area contributed by atoms with Crippen LogP contribution in [-0.4, -0.2) is 27.5 Å².